The third kappa shape index (κ3) is 3.72. The molecule has 1 atom stereocenters. The molecule has 1 fully saturated rings. The summed E-state index contributed by atoms with van der Waals surface area (Å²) in [7, 11) is 0. The van der Waals surface area contributed by atoms with Crippen molar-refractivity contribution in [2.24, 2.45) is 11.7 Å². The van der Waals surface area contributed by atoms with Crippen LogP contribution in [0.5, 0.6) is 0 Å². The number of amides is 1. The maximum Gasteiger partial charge on any atom is 0.240 e. The van der Waals surface area contributed by atoms with Crippen molar-refractivity contribution in [3.05, 3.63) is 11.8 Å². The lowest BCUT2D eigenvalue weighted by Crippen LogP contribution is -2.40. The van der Waals surface area contributed by atoms with Crippen LogP contribution in [0.15, 0.2) is 6.20 Å². The van der Waals surface area contributed by atoms with E-state index in [2.05, 4.69) is 20.6 Å². The third-order valence-corrected chi connectivity index (χ3v) is 3.87. The molecule has 1 heterocycles. The Morgan fingerprint density at radius 2 is 2.05 bits per heavy atom. The van der Waals surface area contributed by atoms with Gasteiger partial charge in [0.15, 0.2) is 5.78 Å². The van der Waals surface area contributed by atoms with Crippen LogP contribution in [0.1, 0.15) is 50.4 Å². The van der Waals surface area contributed by atoms with E-state index < -0.39 is 11.9 Å². The highest BCUT2D eigenvalue weighted by Gasteiger charge is 2.23. The minimum Gasteiger partial charge on any atom is -0.368 e. The zero-order valence-corrected chi connectivity index (χ0v) is 13.2. The topological polar surface area (TPSA) is 110 Å². The molecule has 120 valence electrons. The van der Waals surface area contributed by atoms with Crippen molar-refractivity contribution >= 4 is 23.5 Å². The lowest BCUT2D eigenvalue weighted by atomic mass is 9.93. The molecule has 0 aromatic carbocycles. The van der Waals surface area contributed by atoms with Crippen molar-refractivity contribution in [3.63, 3.8) is 0 Å². The van der Waals surface area contributed by atoms with Crippen molar-refractivity contribution in [1.29, 1.82) is 0 Å². The van der Waals surface area contributed by atoms with E-state index in [1.54, 1.807) is 0 Å². The zero-order chi connectivity index (χ0) is 16.3. The van der Waals surface area contributed by atoms with Gasteiger partial charge in [0.1, 0.15) is 11.9 Å². The number of primary amides is 1. The van der Waals surface area contributed by atoms with Gasteiger partial charge in [0, 0.05) is 12.2 Å². The zero-order valence-electron chi connectivity index (χ0n) is 13.2. The molecule has 1 aromatic heterocycles. The third-order valence-electron chi connectivity index (χ3n) is 3.87. The van der Waals surface area contributed by atoms with Crippen LogP contribution in [-0.2, 0) is 4.79 Å². The summed E-state index contributed by atoms with van der Waals surface area (Å²) in [6, 6.07) is -0.211. The molecule has 0 unspecified atom stereocenters. The number of Topliss-reactive ketones (excluding diaryl/α,β-unsaturated/α-hetero) is 1. The molecule has 1 amide bonds. The molecule has 2 rings (SSSR count). The summed E-state index contributed by atoms with van der Waals surface area (Å²) in [5.74, 6) is 0.272. The fourth-order valence-corrected chi connectivity index (χ4v) is 2.27. The van der Waals surface area contributed by atoms with E-state index in [0.29, 0.717) is 23.4 Å². The van der Waals surface area contributed by atoms with Crippen LogP contribution < -0.4 is 16.4 Å². The summed E-state index contributed by atoms with van der Waals surface area (Å²) in [6.45, 7) is 5.26. The second-order valence-corrected chi connectivity index (χ2v) is 6.05. The van der Waals surface area contributed by atoms with Gasteiger partial charge in [-0.3, -0.25) is 9.59 Å². The molecule has 1 saturated carbocycles. The van der Waals surface area contributed by atoms with Crippen LogP contribution in [0.4, 0.5) is 11.8 Å². The summed E-state index contributed by atoms with van der Waals surface area (Å²) in [6.07, 6.45) is 4.80. The Morgan fingerprint density at radius 3 is 2.50 bits per heavy atom. The largest absolute Gasteiger partial charge is 0.368 e. The van der Waals surface area contributed by atoms with E-state index >= 15 is 0 Å². The first-order chi connectivity index (χ1) is 10.4. The predicted molar refractivity (Wildman–Crippen MR) is 84.7 cm³/mol. The first-order valence-electron chi connectivity index (χ1n) is 7.59. The molecule has 0 spiro atoms. The number of rotatable bonds is 7. The van der Waals surface area contributed by atoms with E-state index in [1.165, 1.54) is 19.5 Å². The van der Waals surface area contributed by atoms with E-state index in [9.17, 15) is 9.59 Å². The summed E-state index contributed by atoms with van der Waals surface area (Å²) < 4.78 is 0. The smallest absolute Gasteiger partial charge is 0.240 e. The van der Waals surface area contributed by atoms with Crippen LogP contribution in [0.25, 0.3) is 0 Å². The number of ketones is 1. The Bertz CT molecular complexity index is 569. The van der Waals surface area contributed by atoms with Crippen molar-refractivity contribution in [3.8, 4) is 0 Å². The Labute approximate surface area is 130 Å². The number of hydrogen-bond acceptors (Lipinski definition) is 6. The number of carbonyl (C=O) groups excluding carboxylic acids is 2. The van der Waals surface area contributed by atoms with E-state index in [0.717, 1.165) is 12.8 Å². The van der Waals surface area contributed by atoms with E-state index in [1.807, 2.05) is 13.8 Å². The summed E-state index contributed by atoms with van der Waals surface area (Å²) in [5, 5.41) is 6.22. The number of nitrogens with one attached hydrogen (secondary N) is 2. The maximum absolute atomic E-state index is 11.7. The van der Waals surface area contributed by atoms with Crippen molar-refractivity contribution < 1.29 is 9.59 Å². The second-order valence-electron chi connectivity index (χ2n) is 6.05. The molecule has 7 heteroatoms. The highest BCUT2D eigenvalue weighted by Crippen LogP contribution is 2.25. The molecule has 0 radical (unpaired) electrons. The van der Waals surface area contributed by atoms with Gasteiger partial charge >= 0.3 is 0 Å². The first kappa shape index (κ1) is 16.2. The molecule has 1 aliphatic rings. The average Bonchev–Trinajstić information content (AvgIpc) is 2.39. The Kier molecular flexibility index (Phi) is 4.95. The number of carbonyl (C=O) groups is 2. The number of nitrogens with two attached hydrogens (primary N) is 1. The Balaban J connectivity index is 2.23. The SMILES string of the molecule is CC(=O)c1cnc(N[C@@H](C(N)=O)C(C)C)nc1NC1CCC1. The molecule has 7 nitrogen and oxygen atoms in total. The summed E-state index contributed by atoms with van der Waals surface area (Å²) >= 11 is 0. The van der Waals surface area contributed by atoms with Gasteiger partial charge in [-0.15, -0.1) is 0 Å². The van der Waals surface area contributed by atoms with Gasteiger partial charge in [-0.25, -0.2) is 4.98 Å². The summed E-state index contributed by atoms with van der Waals surface area (Å²) in [5.41, 5.74) is 5.84. The fourth-order valence-electron chi connectivity index (χ4n) is 2.27. The predicted octanol–water partition coefficient (Wildman–Crippen LogP) is 1.57. The second kappa shape index (κ2) is 6.72. The highest BCUT2D eigenvalue weighted by atomic mass is 16.1. The Morgan fingerprint density at radius 1 is 1.36 bits per heavy atom. The van der Waals surface area contributed by atoms with Crippen molar-refractivity contribution in [1.82, 2.24) is 9.97 Å². The van der Waals surface area contributed by atoms with E-state index in [-0.39, 0.29) is 11.7 Å². The highest BCUT2D eigenvalue weighted by molar-refractivity contribution is 5.98. The molecule has 0 aliphatic heterocycles. The van der Waals surface area contributed by atoms with Crippen molar-refractivity contribution in [2.45, 2.75) is 52.1 Å². The van der Waals surface area contributed by atoms with E-state index in [4.69, 9.17) is 5.73 Å². The molecule has 0 saturated heterocycles. The number of anilines is 2. The molecule has 1 aromatic rings. The normalized spacial score (nSPS) is 16.0. The monoisotopic (exact) mass is 305 g/mol. The quantitative estimate of drug-likeness (QED) is 0.659. The lowest BCUT2D eigenvalue weighted by Gasteiger charge is -2.28. The molecule has 22 heavy (non-hydrogen) atoms. The van der Waals surface area contributed by atoms with Gasteiger partial charge in [0.25, 0.3) is 0 Å². The average molecular weight is 305 g/mol. The number of hydrogen-bond donors (Lipinski definition) is 3. The lowest BCUT2D eigenvalue weighted by molar-refractivity contribution is -0.119. The molecule has 0 bridgehead atoms. The number of aromatic nitrogens is 2. The van der Waals surface area contributed by atoms with Crippen LogP contribution in [0.2, 0.25) is 0 Å². The first-order valence-corrected chi connectivity index (χ1v) is 7.59. The van der Waals surface area contributed by atoms with Crippen LogP contribution >= 0.6 is 0 Å². The van der Waals surface area contributed by atoms with Gasteiger partial charge < -0.3 is 16.4 Å². The van der Waals surface area contributed by atoms with Gasteiger partial charge in [-0.05, 0) is 32.1 Å². The van der Waals surface area contributed by atoms with Crippen LogP contribution in [-0.4, -0.2) is 33.7 Å². The minimum absolute atomic E-state index is 0.0108. The standard InChI is InChI=1S/C15H23N5O2/c1-8(2)12(13(16)22)19-15-17-7-11(9(3)21)14(20-15)18-10-5-4-6-10/h7-8,10,12H,4-6H2,1-3H3,(H2,16,22)(H2,17,18,19,20)/t12-/m1/s1. The summed E-state index contributed by atoms with van der Waals surface area (Å²) in [4.78, 5) is 31.6. The van der Waals surface area contributed by atoms with Crippen molar-refractivity contribution in [2.75, 3.05) is 10.6 Å². The maximum atomic E-state index is 11.7. The minimum atomic E-state index is -0.556. The number of nitrogens with zero attached hydrogens (tertiary/aromatic N) is 2. The van der Waals surface area contributed by atoms with Crippen LogP contribution in [0.3, 0.4) is 0 Å². The van der Waals surface area contributed by atoms with Gasteiger partial charge in [0.05, 0.1) is 5.56 Å². The molecule has 4 N–H and O–H groups in total. The molecule has 1 aliphatic carbocycles. The molecular weight excluding hydrogens is 282 g/mol. The van der Waals surface area contributed by atoms with Gasteiger partial charge in [0.2, 0.25) is 11.9 Å². The van der Waals surface area contributed by atoms with Crippen LogP contribution in [0, 0.1) is 5.92 Å². The van der Waals surface area contributed by atoms with Gasteiger partial charge in [-0.1, -0.05) is 13.8 Å². The molecular formula is C15H23N5O2. The van der Waals surface area contributed by atoms with Gasteiger partial charge in [-0.2, -0.15) is 4.98 Å². The fraction of sp³-hybridized carbons (Fsp3) is 0.600. The Hall–Kier alpha value is -2.18.